The molecule has 1 aliphatic heterocycles. The Labute approximate surface area is 82.7 Å². The first-order valence-corrected chi connectivity index (χ1v) is 4.75. The molecule has 14 heavy (non-hydrogen) atoms. The van der Waals surface area contributed by atoms with Crippen LogP contribution in [0.15, 0.2) is 18.2 Å². The second-order valence-electron chi connectivity index (χ2n) is 3.47. The van der Waals surface area contributed by atoms with E-state index < -0.39 is 0 Å². The van der Waals surface area contributed by atoms with Crippen molar-refractivity contribution < 1.29 is 4.79 Å². The second-order valence-corrected chi connectivity index (χ2v) is 3.47. The van der Waals surface area contributed by atoms with E-state index in [0.29, 0.717) is 18.8 Å². The largest absolute Gasteiger partial charge is 0.384 e. The number of hydrogen-bond donors (Lipinski definition) is 1. The van der Waals surface area contributed by atoms with E-state index in [2.05, 4.69) is 4.98 Å². The highest BCUT2D eigenvalue weighted by Crippen LogP contribution is 2.13. The van der Waals surface area contributed by atoms with E-state index in [-0.39, 0.29) is 5.91 Å². The maximum atomic E-state index is 11.3. The van der Waals surface area contributed by atoms with Crippen molar-refractivity contribution >= 4 is 11.7 Å². The lowest BCUT2D eigenvalue weighted by Crippen LogP contribution is -2.24. The number of rotatable bonds is 2. The maximum absolute atomic E-state index is 11.3. The van der Waals surface area contributed by atoms with Crippen LogP contribution in [0, 0.1) is 0 Å². The number of aromatic nitrogens is 1. The Hall–Kier alpha value is -1.58. The summed E-state index contributed by atoms with van der Waals surface area (Å²) < 4.78 is 0. The number of nitrogens with two attached hydrogens (primary N) is 1. The quantitative estimate of drug-likeness (QED) is 0.751. The van der Waals surface area contributed by atoms with Gasteiger partial charge in [0.2, 0.25) is 5.91 Å². The van der Waals surface area contributed by atoms with Gasteiger partial charge in [-0.1, -0.05) is 6.07 Å². The molecule has 1 saturated heterocycles. The lowest BCUT2D eigenvalue weighted by molar-refractivity contribution is -0.128. The molecule has 2 heterocycles. The summed E-state index contributed by atoms with van der Waals surface area (Å²) in [6.07, 6.45) is 1.63. The van der Waals surface area contributed by atoms with Crippen molar-refractivity contribution in [3.05, 3.63) is 23.9 Å². The van der Waals surface area contributed by atoms with Gasteiger partial charge in [0.15, 0.2) is 0 Å². The van der Waals surface area contributed by atoms with Crippen LogP contribution in [-0.2, 0) is 11.3 Å². The molecule has 0 aliphatic carbocycles. The Kier molecular flexibility index (Phi) is 2.35. The zero-order valence-corrected chi connectivity index (χ0v) is 7.94. The average Bonchev–Trinajstić information content (AvgIpc) is 2.52. The van der Waals surface area contributed by atoms with Crippen molar-refractivity contribution in [2.75, 3.05) is 12.3 Å². The van der Waals surface area contributed by atoms with Gasteiger partial charge in [-0.15, -0.1) is 0 Å². The van der Waals surface area contributed by atoms with Gasteiger partial charge in [0, 0.05) is 13.0 Å². The molecule has 1 aromatic rings. The highest BCUT2D eigenvalue weighted by Gasteiger charge is 2.20. The molecule has 0 unspecified atom stereocenters. The molecule has 0 bridgehead atoms. The van der Waals surface area contributed by atoms with Gasteiger partial charge in [0.05, 0.1) is 12.2 Å². The molecule has 0 atom stereocenters. The van der Waals surface area contributed by atoms with Gasteiger partial charge in [-0.25, -0.2) is 4.98 Å². The molecular weight excluding hydrogens is 178 g/mol. The number of amides is 1. The van der Waals surface area contributed by atoms with Crippen LogP contribution < -0.4 is 5.73 Å². The van der Waals surface area contributed by atoms with Crippen LogP contribution in [0.2, 0.25) is 0 Å². The molecule has 1 amide bonds. The Morgan fingerprint density at radius 1 is 1.50 bits per heavy atom. The summed E-state index contributed by atoms with van der Waals surface area (Å²) in [6.45, 7) is 1.43. The molecule has 2 rings (SSSR count). The molecule has 1 aliphatic rings. The lowest BCUT2D eigenvalue weighted by Gasteiger charge is -2.14. The van der Waals surface area contributed by atoms with Crippen molar-refractivity contribution in [3.8, 4) is 0 Å². The zero-order chi connectivity index (χ0) is 9.97. The fraction of sp³-hybridized carbons (Fsp3) is 0.400. The number of hydrogen-bond acceptors (Lipinski definition) is 3. The van der Waals surface area contributed by atoms with Gasteiger partial charge in [-0.2, -0.15) is 0 Å². The number of nitrogens with zero attached hydrogens (tertiary/aromatic N) is 2. The van der Waals surface area contributed by atoms with Crippen molar-refractivity contribution in [1.29, 1.82) is 0 Å². The number of carbonyl (C=O) groups excluding carboxylic acids is 1. The van der Waals surface area contributed by atoms with Crippen LogP contribution >= 0.6 is 0 Å². The van der Waals surface area contributed by atoms with E-state index in [0.717, 1.165) is 18.7 Å². The monoisotopic (exact) mass is 191 g/mol. The third-order valence-corrected chi connectivity index (χ3v) is 2.35. The van der Waals surface area contributed by atoms with E-state index in [4.69, 9.17) is 5.73 Å². The number of likely N-dealkylation sites (tertiary alicyclic amines) is 1. The van der Waals surface area contributed by atoms with Gasteiger partial charge in [-0.3, -0.25) is 4.79 Å². The fourth-order valence-electron chi connectivity index (χ4n) is 1.65. The van der Waals surface area contributed by atoms with Crippen molar-refractivity contribution in [1.82, 2.24) is 9.88 Å². The van der Waals surface area contributed by atoms with Gasteiger partial charge >= 0.3 is 0 Å². The van der Waals surface area contributed by atoms with E-state index >= 15 is 0 Å². The van der Waals surface area contributed by atoms with Crippen molar-refractivity contribution in [2.45, 2.75) is 19.4 Å². The number of anilines is 1. The summed E-state index contributed by atoms with van der Waals surface area (Å²) in [5.74, 6) is 0.725. The summed E-state index contributed by atoms with van der Waals surface area (Å²) in [6, 6.07) is 5.50. The van der Waals surface area contributed by atoms with Gasteiger partial charge in [0.25, 0.3) is 0 Å². The predicted octanol–water partition coefficient (Wildman–Crippen LogP) is 0.786. The molecule has 0 spiro atoms. The smallest absolute Gasteiger partial charge is 0.222 e. The minimum absolute atomic E-state index is 0.217. The van der Waals surface area contributed by atoms with Crippen LogP contribution in [0.25, 0.3) is 0 Å². The standard InChI is InChI=1S/C10H13N3O/c11-9-4-1-3-8(12-9)7-13-6-2-5-10(13)14/h1,3-4H,2,5-7H2,(H2,11,12). The van der Waals surface area contributed by atoms with Crippen molar-refractivity contribution in [3.63, 3.8) is 0 Å². The van der Waals surface area contributed by atoms with Crippen LogP contribution in [0.5, 0.6) is 0 Å². The number of nitrogen functional groups attached to an aromatic ring is 1. The minimum Gasteiger partial charge on any atom is -0.384 e. The molecule has 1 aromatic heterocycles. The predicted molar refractivity (Wildman–Crippen MR) is 53.3 cm³/mol. The first-order chi connectivity index (χ1) is 6.75. The molecule has 4 heteroatoms. The molecule has 0 saturated carbocycles. The molecule has 0 aromatic carbocycles. The topological polar surface area (TPSA) is 59.2 Å². The van der Waals surface area contributed by atoms with E-state index in [1.165, 1.54) is 0 Å². The highest BCUT2D eigenvalue weighted by atomic mass is 16.2. The number of pyridine rings is 1. The summed E-state index contributed by atoms with van der Waals surface area (Å²) in [4.78, 5) is 17.3. The van der Waals surface area contributed by atoms with E-state index in [9.17, 15) is 4.79 Å². The average molecular weight is 191 g/mol. The van der Waals surface area contributed by atoms with Crippen LogP contribution in [-0.4, -0.2) is 22.3 Å². The van der Waals surface area contributed by atoms with Crippen molar-refractivity contribution in [2.24, 2.45) is 0 Å². The van der Waals surface area contributed by atoms with Crippen LogP contribution in [0.3, 0.4) is 0 Å². The van der Waals surface area contributed by atoms with Gasteiger partial charge in [-0.05, 0) is 18.6 Å². The molecule has 4 nitrogen and oxygen atoms in total. The lowest BCUT2D eigenvalue weighted by atomic mass is 10.3. The number of carbonyl (C=O) groups is 1. The van der Waals surface area contributed by atoms with E-state index in [1.807, 2.05) is 17.0 Å². The molecule has 2 N–H and O–H groups in total. The summed E-state index contributed by atoms with van der Waals surface area (Å²) in [5, 5.41) is 0. The zero-order valence-electron chi connectivity index (χ0n) is 7.94. The Bertz CT molecular complexity index is 351. The fourth-order valence-corrected chi connectivity index (χ4v) is 1.65. The Morgan fingerprint density at radius 3 is 3.00 bits per heavy atom. The molecule has 74 valence electrons. The van der Waals surface area contributed by atoms with E-state index in [1.54, 1.807) is 6.07 Å². The third kappa shape index (κ3) is 1.84. The van der Waals surface area contributed by atoms with Crippen LogP contribution in [0.1, 0.15) is 18.5 Å². The first kappa shape index (κ1) is 8.99. The summed E-state index contributed by atoms with van der Waals surface area (Å²) in [7, 11) is 0. The van der Waals surface area contributed by atoms with Gasteiger partial charge in [0.1, 0.15) is 5.82 Å². The SMILES string of the molecule is Nc1cccc(CN2CCCC2=O)n1. The first-order valence-electron chi connectivity index (χ1n) is 4.75. The second kappa shape index (κ2) is 3.65. The minimum atomic E-state index is 0.217. The Balaban J connectivity index is 2.07. The molecule has 1 fully saturated rings. The highest BCUT2D eigenvalue weighted by molar-refractivity contribution is 5.77. The summed E-state index contributed by atoms with van der Waals surface area (Å²) >= 11 is 0. The molecule has 0 radical (unpaired) electrons. The summed E-state index contributed by atoms with van der Waals surface area (Å²) in [5.41, 5.74) is 6.41. The maximum Gasteiger partial charge on any atom is 0.222 e. The van der Waals surface area contributed by atoms with Crippen LogP contribution in [0.4, 0.5) is 5.82 Å². The van der Waals surface area contributed by atoms with Gasteiger partial charge < -0.3 is 10.6 Å². The third-order valence-electron chi connectivity index (χ3n) is 2.35. The normalized spacial score (nSPS) is 16.3. The Morgan fingerprint density at radius 2 is 2.36 bits per heavy atom. The molecular formula is C10H13N3O.